The molecule has 0 amide bonds. The van der Waals surface area contributed by atoms with Gasteiger partial charge in [-0.2, -0.15) is 0 Å². The first kappa shape index (κ1) is 11.0. The zero-order chi connectivity index (χ0) is 11.8. The molecule has 2 bridgehead atoms. The van der Waals surface area contributed by atoms with Crippen molar-refractivity contribution in [3.8, 4) is 5.75 Å². The smallest absolute Gasteiger partial charge is 0.122 e. The highest BCUT2D eigenvalue weighted by molar-refractivity contribution is 5.23. The molecular weight excluding hydrogens is 214 g/mol. The molecule has 2 unspecified atom stereocenters. The molecule has 2 fully saturated rings. The van der Waals surface area contributed by atoms with Crippen LogP contribution in [0.3, 0.4) is 0 Å². The first-order valence-corrected chi connectivity index (χ1v) is 6.19. The second-order valence-electron chi connectivity index (χ2n) is 5.12. The predicted molar refractivity (Wildman–Crippen MR) is 66.0 cm³/mol. The van der Waals surface area contributed by atoms with Gasteiger partial charge in [0, 0.05) is 44.0 Å². The Morgan fingerprint density at radius 3 is 2.88 bits per heavy atom. The van der Waals surface area contributed by atoms with E-state index in [9.17, 15) is 0 Å². The zero-order valence-corrected chi connectivity index (χ0v) is 10.5. The molecule has 3 rings (SSSR count). The number of nitrogens with zero attached hydrogens (tertiary/aromatic N) is 3. The number of piperidine rings is 1. The molecule has 0 aromatic carbocycles. The van der Waals surface area contributed by atoms with Crippen molar-refractivity contribution in [1.29, 1.82) is 0 Å². The van der Waals surface area contributed by atoms with E-state index in [1.165, 1.54) is 19.5 Å². The summed E-state index contributed by atoms with van der Waals surface area (Å²) < 4.78 is 5.23. The Balaban J connectivity index is 1.67. The maximum absolute atomic E-state index is 5.23. The summed E-state index contributed by atoms with van der Waals surface area (Å²) in [5.74, 6) is 0.901. The molecule has 17 heavy (non-hydrogen) atoms. The summed E-state index contributed by atoms with van der Waals surface area (Å²) >= 11 is 0. The van der Waals surface area contributed by atoms with Crippen LogP contribution >= 0.6 is 0 Å². The minimum absolute atomic E-state index is 0.728. The van der Waals surface area contributed by atoms with E-state index in [1.54, 1.807) is 7.11 Å². The van der Waals surface area contributed by atoms with Gasteiger partial charge in [-0.15, -0.1) is 0 Å². The second kappa shape index (κ2) is 4.27. The van der Waals surface area contributed by atoms with Crippen LogP contribution in [0.4, 0.5) is 0 Å². The highest BCUT2D eigenvalue weighted by Crippen LogP contribution is 2.32. The van der Waals surface area contributed by atoms with E-state index in [-0.39, 0.29) is 0 Å². The number of likely N-dealkylation sites (tertiary alicyclic amines) is 2. The lowest BCUT2D eigenvalue weighted by molar-refractivity contribution is -0.0675. The summed E-state index contributed by atoms with van der Waals surface area (Å²) in [4.78, 5) is 9.42. The van der Waals surface area contributed by atoms with E-state index in [4.69, 9.17) is 4.74 Å². The van der Waals surface area contributed by atoms with E-state index >= 15 is 0 Å². The topological polar surface area (TPSA) is 28.6 Å². The molecule has 0 saturated carbocycles. The zero-order valence-electron chi connectivity index (χ0n) is 10.5. The molecule has 2 atom stereocenters. The number of aromatic nitrogens is 1. The van der Waals surface area contributed by atoms with Gasteiger partial charge in [-0.25, -0.2) is 0 Å². The van der Waals surface area contributed by atoms with E-state index in [0.717, 1.165) is 30.1 Å². The molecule has 2 saturated heterocycles. The van der Waals surface area contributed by atoms with Crippen molar-refractivity contribution >= 4 is 0 Å². The average Bonchev–Trinajstić information content (AvgIpc) is 2.36. The average molecular weight is 233 g/mol. The second-order valence-corrected chi connectivity index (χ2v) is 5.12. The van der Waals surface area contributed by atoms with Gasteiger partial charge in [-0.1, -0.05) is 0 Å². The summed E-state index contributed by atoms with van der Waals surface area (Å²) in [6, 6.07) is 5.39. The number of piperazine rings is 1. The summed E-state index contributed by atoms with van der Waals surface area (Å²) in [5, 5.41) is 0. The Labute approximate surface area is 102 Å². The van der Waals surface area contributed by atoms with Gasteiger partial charge in [-0.3, -0.25) is 9.88 Å². The van der Waals surface area contributed by atoms with Gasteiger partial charge in [0.1, 0.15) is 5.75 Å². The number of hydrogen-bond acceptors (Lipinski definition) is 4. The van der Waals surface area contributed by atoms with Gasteiger partial charge in [0.25, 0.3) is 0 Å². The largest absolute Gasteiger partial charge is 0.497 e. The Morgan fingerprint density at radius 1 is 1.41 bits per heavy atom. The molecule has 0 aliphatic carbocycles. The summed E-state index contributed by atoms with van der Waals surface area (Å²) in [6.07, 6.45) is 3.18. The molecule has 4 heteroatoms. The highest BCUT2D eigenvalue weighted by Gasteiger charge is 2.43. The normalized spacial score (nSPS) is 28.8. The fraction of sp³-hybridized carbons (Fsp3) is 0.615. The lowest BCUT2D eigenvalue weighted by Gasteiger charge is -2.55. The first-order valence-electron chi connectivity index (χ1n) is 6.19. The number of rotatable bonds is 3. The minimum atomic E-state index is 0.728. The van der Waals surface area contributed by atoms with Crippen molar-refractivity contribution in [2.45, 2.75) is 25.0 Å². The molecular formula is C13H19N3O. The molecule has 3 heterocycles. The van der Waals surface area contributed by atoms with E-state index < -0.39 is 0 Å². The molecule has 1 aromatic heterocycles. The van der Waals surface area contributed by atoms with Crippen molar-refractivity contribution in [3.05, 3.63) is 24.0 Å². The van der Waals surface area contributed by atoms with Crippen molar-refractivity contribution in [1.82, 2.24) is 14.8 Å². The number of methoxy groups -OCH3 is 1. The van der Waals surface area contributed by atoms with Gasteiger partial charge in [0.2, 0.25) is 0 Å². The summed E-state index contributed by atoms with van der Waals surface area (Å²) in [6.45, 7) is 3.35. The fourth-order valence-corrected chi connectivity index (χ4v) is 3.01. The quantitative estimate of drug-likeness (QED) is 0.778. The molecule has 92 valence electrons. The van der Waals surface area contributed by atoms with Gasteiger partial charge < -0.3 is 9.64 Å². The monoisotopic (exact) mass is 233 g/mol. The van der Waals surface area contributed by atoms with Crippen LogP contribution in [-0.4, -0.2) is 54.1 Å². The van der Waals surface area contributed by atoms with Crippen LogP contribution in [0.25, 0.3) is 0 Å². The highest BCUT2D eigenvalue weighted by atomic mass is 16.5. The van der Waals surface area contributed by atoms with Crippen LogP contribution < -0.4 is 4.74 Å². The molecule has 2 aliphatic heterocycles. The molecule has 0 N–H and O–H groups in total. The van der Waals surface area contributed by atoms with Crippen molar-refractivity contribution in [3.63, 3.8) is 0 Å². The van der Waals surface area contributed by atoms with Gasteiger partial charge in [0.05, 0.1) is 12.8 Å². The summed E-state index contributed by atoms with van der Waals surface area (Å²) in [7, 11) is 3.91. The van der Waals surface area contributed by atoms with Crippen LogP contribution in [0.5, 0.6) is 5.75 Å². The van der Waals surface area contributed by atoms with Gasteiger partial charge in [-0.05, 0) is 19.5 Å². The number of fused-ring (bicyclic) bond motifs is 2. The van der Waals surface area contributed by atoms with Gasteiger partial charge in [0.15, 0.2) is 0 Å². The Bertz CT molecular complexity index is 397. The molecule has 0 radical (unpaired) electrons. The van der Waals surface area contributed by atoms with Crippen molar-refractivity contribution < 1.29 is 4.74 Å². The summed E-state index contributed by atoms with van der Waals surface area (Å²) in [5.41, 5.74) is 1.11. The van der Waals surface area contributed by atoms with Crippen LogP contribution in [-0.2, 0) is 6.54 Å². The third kappa shape index (κ3) is 2.03. The molecule has 2 aliphatic rings. The van der Waals surface area contributed by atoms with Crippen molar-refractivity contribution in [2.75, 3.05) is 27.2 Å². The molecule has 1 aromatic rings. The van der Waals surface area contributed by atoms with Crippen LogP contribution in [0.2, 0.25) is 0 Å². The maximum Gasteiger partial charge on any atom is 0.122 e. The van der Waals surface area contributed by atoms with E-state index in [2.05, 4.69) is 21.8 Å². The fourth-order valence-electron chi connectivity index (χ4n) is 3.01. The Kier molecular flexibility index (Phi) is 2.76. The maximum atomic E-state index is 5.23. The third-order valence-corrected chi connectivity index (χ3v) is 3.90. The van der Waals surface area contributed by atoms with E-state index in [1.807, 2.05) is 18.3 Å². The standard InChI is InChI=1S/C13H19N3O/c1-15-8-11-6-12(9-15)16(11)7-10-5-13(17-2)3-4-14-10/h3-5,11-12H,6-9H2,1-2H3. The molecule has 0 spiro atoms. The number of ether oxygens (including phenoxy) is 1. The minimum Gasteiger partial charge on any atom is -0.497 e. The Hall–Kier alpha value is -1.13. The lowest BCUT2D eigenvalue weighted by Crippen LogP contribution is -2.67. The number of pyridine rings is 1. The van der Waals surface area contributed by atoms with E-state index in [0.29, 0.717) is 0 Å². The Morgan fingerprint density at radius 2 is 2.18 bits per heavy atom. The van der Waals surface area contributed by atoms with Crippen LogP contribution in [0.1, 0.15) is 12.1 Å². The van der Waals surface area contributed by atoms with Crippen LogP contribution in [0.15, 0.2) is 18.3 Å². The van der Waals surface area contributed by atoms with Crippen molar-refractivity contribution in [2.24, 2.45) is 0 Å². The SMILES string of the molecule is COc1ccnc(CN2C3CC2CN(C)C3)c1. The predicted octanol–water partition coefficient (Wildman–Crippen LogP) is 0.978. The first-order chi connectivity index (χ1) is 8.26. The number of hydrogen-bond donors (Lipinski definition) is 0. The molecule has 4 nitrogen and oxygen atoms in total. The number of likely N-dealkylation sites (N-methyl/N-ethyl adjacent to an activating group) is 1. The van der Waals surface area contributed by atoms with Crippen LogP contribution in [0, 0.1) is 0 Å². The lowest BCUT2D eigenvalue weighted by atomic mass is 9.87. The van der Waals surface area contributed by atoms with Gasteiger partial charge >= 0.3 is 0 Å². The third-order valence-electron chi connectivity index (χ3n) is 3.90.